The quantitative estimate of drug-likeness (QED) is 0.547. The molecular weight excluding hydrogens is 474 g/mol. The van der Waals surface area contributed by atoms with Crippen LogP contribution in [0, 0.1) is 11.8 Å². The predicted molar refractivity (Wildman–Crippen MR) is 135 cm³/mol. The number of carbonyl (C=O) groups excluding carboxylic acids is 3. The molecule has 4 unspecified atom stereocenters. The molecule has 6 atom stereocenters. The van der Waals surface area contributed by atoms with Crippen LogP contribution < -0.4 is 15.4 Å². The lowest BCUT2D eigenvalue weighted by Crippen LogP contribution is -2.57. The highest BCUT2D eigenvalue weighted by atomic mass is 16.5. The maximum Gasteiger partial charge on any atom is 0.246 e. The highest BCUT2D eigenvalue weighted by molar-refractivity contribution is 6.02. The van der Waals surface area contributed by atoms with E-state index in [2.05, 4.69) is 10.6 Å². The van der Waals surface area contributed by atoms with Crippen molar-refractivity contribution >= 4 is 23.4 Å². The van der Waals surface area contributed by atoms with Gasteiger partial charge in [0.05, 0.1) is 31.2 Å². The Morgan fingerprint density at radius 2 is 1.97 bits per heavy atom. The molecule has 3 amide bonds. The maximum absolute atomic E-state index is 14.0. The van der Waals surface area contributed by atoms with E-state index >= 15 is 0 Å². The molecular formula is C28H35N3O6. The number of nitrogens with zero attached hydrogens (tertiary/aromatic N) is 1. The third-order valence-electron chi connectivity index (χ3n) is 8.64. The molecule has 9 nitrogen and oxygen atoms in total. The zero-order chi connectivity index (χ0) is 25.6. The minimum absolute atomic E-state index is 0.103. The highest BCUT2D eigenvalue weighted by Crippen LogP contribution is 2.55. The zero-order valence-electron chi connectivity index (χ0n) is 21.2. The molecule has 9 heteroatoms. The van der Waals surface area contributed by atoms with Gasteiger partial charge in [0.15, 0.2) is 0 Å². The summed E-state index contributed by atoms with van der Waals surface area (Å²) in [5, 5.41) is 6.16. The largest absolute Gasteiger partial charge is 0.497 e. The molecule has 5 aliphatic rings. The van der Waals surface area contributed by atoms with Crippen molar-refractivity contribution in [3.05, 3.63) is 36.4 Å². The molecule has 3 saturated heterocycles. The lowest BCUT2D eigenvalue weighted by atomic mass is 9.74. The first-order valence-electron chi connectivity index (χ1n) is 13.5. The van der Waals surface area contributed by atoms with Gasteiger partial charge in [0.2, 0.25) is 17.7 Å². The van der Waals surface area contributed by atoms with Crippen molar-refractivity contribution in [3.63, 3.8) is 0 Å². The number of hydrogen-bond donors (Lipinski definition) is 2. The standard InChI is InChI=1S/C28H35N3O6/c1-35-19-10-5-9-18(15-19)30-25(32)22-21-12-13-28(37-21)23(22)27(34)31(16-20-11-6-14-36-20)24(28)26(33)29-17-7-3-2-4-8-17/h5,9-10,12-13,15,17,20-24H,2-4,6-8,11,14,16H2,1H3,(H,29,33)(H,30,32)/t20?,21-,22?,23-,24?,28?/m0/s1. The summed E-state index contributed by atoms with van der Waals surface area (Å²) in [6, 6.07) is 6.38. The fraction of sp³-hybridized carbons (Fsp3) is 0.607. The first-order chi connectivity index (χ1) is 18.0. The predicted octanol–water partition coefficient (Wildman–Crippen LogP) is 2.41. The maximum atomic E-state index is 14.0. The molecule has 4 aliphatic heterocycles. The molecule has 6 rings (SSSR count). The van der Waals surface area contributed by atoms with Crippen LogP contribution in [-0.2, 0) is 23.9 Å². The molecule has 1 aromatic carbocycles. The number of hydrogen-bond acceptors (Lipinski definition) is 6. The Bertz CT molecular complexity index is 1100. The molecule has 4 fully saturated rings. The molecule has 1 aliphatic carbocycles. The minimum Gasteiger partial charge on any atom is -0.497 e. The molecule has 0 aromatic heterocycles. The second-order valence-electron chi connectivity index (χ2n) is 10.9. The third kappa shape index (κ3) is 4.22. The summed E-state index contributed by atoms with van der Waals surface area (Å²) in [5.41, 5.74) is -0.575. The van der Waals surface area contributed by atoms with Crippen LogP contribution in [0.25, 0.3) is 0 Å². The number of anilines is 1. The van der Waals surface area contributed by atoms with Gasteiger partial charge in [-0.15, -0.1) is 0 Å². The normalized spacial score (nSPS) is 34.6. The fourth-order valence-electron chi connectivity index (χ4n) is 6.93. The fourth-order valence-corrected chi connectivity index (χ4v) is 6.93. The van der Waals surface area contributed by atoms with E-state index in [1.165, 1.54) is 6.42 Å². The Hall–Kier alpha value is -2.91. The van der Waals surface area contributed by atoms with E-state index < -0.39 is 29.6 Å². The number of amides is 3. The molecule has 1 spiro atoms. The molecule has 37 heavy (non-hydrogen) atoms. The summed E-state index contributed by atoms with van der Waals surface area (Å²) in [7, 11) is 1.57. The van der Waals surface area contributed by atoms with E-state index in [4.69, 9.17) is 14.2 Å². The van der Waals surface area contributed by atoms with Gasteiger partial charge in [-0.2, -0.15) is 0 Å². The van der Waals surface area contributed by atoms with E-state index in [9.17, 15) is 14.4 Å². The Balaban J connectivity index is 1.29. The van der Waals surface area contributed by atoms with E-state index in [1.807, 2.05) is 12.2 Å². The Kier molecular flexibility index (Phi) is 6.44. The van der Waals surface area contributed by atoms with Crippen LogP contribution in [0.4, 0.5) is 5.69 Å². The molecule has 2 bridgehead atoms. The smallest absolute Gasteiger partial charge is 0.246 e. The molecule has 1 aromatic rings. The second kappa shape index (κ2) is 9.76. The van der Waals surface area contributed by atoms with Crippen molar-refractivity contribution in [2.75, 3.05) is 25.6 Å². The highest BCUT2D eigenvalue weighted by Gasteiger charge is 2.73. The van der Waals surface area contributed by atoms with E-state index in [0.717, 1.165) is 38.5 Å². The number of likely N-dealkylation sites (tertiary alicyclic amines) is 1. The van der Waals surface area contributed by atoms with Crippen LogP contribution in [0.1, 0.15) is 44.9 Å². The second-order valence-corrected chi connectivity index (χ2v) is 10.9. The number of fused-ring (bicyclic) bond motifs is 1. The number of nitrogens with one attached hydrogen (secondary N) is 2. The Labute approximate surface area is 216 Å². The van der Waals surface area contributed by atoms with Crippen LogP contribution in [-0.4, -0.2) is 72.8 Å². The average Bonchev–Trinajstić information content (AvgIpc) is 3.68. The van der Waals surface area contributed by atoms with Crippen molar-refractivity contribution in [2.45, 2.75) is 74.8 Å². The number of carbonyl (C=O) groups is 3. The molecule has 0 radical (unpaired) electrons. The van der Waals surface area contributed by atoms with Crippen LogP contribution in [0.3, 0.4) is 0 Å². The summed E-state index contributed by atoms with van der Waals surface area (Å²) < 4.78 is 17.5. The van der Waals surface area contributed by atoms with Gasteiger partial charge >= 0.3 is 0 Å². The van der Waals surface area contributed by atoms with Gasteiger partial charge in [-0.05, 0) is 37.8 Å². The lowest BCUT2D eigenvalue weighted by molar-refractivity contribution is -0.143. The van der Waals surface area contributed by atoms with Crippen LogP contribution in [0.2, 0.25) is 0 Å². The van der Waals surface area contributed by atoms with Gasteiger partial charge in [-0.3, -0.25) is 14.4 Å². The number of benzene rings is 1. The van der Waals surface area contributed by atoms with Crippen LogP contribution in [0.15, 0.2) is 36.4 Å². The summed E-state index contributed by atoms with van der Waals surface area (Å²) in [5.74, 6) is -1.58. The monoisotopic (exact) mass is 509 g/mol. The SMILES string of the molecule is COc1cccc(NC(=O)C2[C@@H]3C=CC4(O3)C(C(=O)NC3CCCCC3)N(CC3CCCO3)C(=O)[C@H]24)c1. The van der Waals surface area contributed by atoms with E-state index in [0.29, 0.717) is 24.6 Å². The van der Waals surface area contributed by atoms with Crippen LogP contribution in [0.5, 0.6) is 5.75 Å². The summed E-state index contributed by atoms with van der Waals surface area (Å²) in [6.45, 7) is 0.982. The van der Waals surface area contributed by atoms with E-state index in [1.54, 1.807) is 36.3 Å². The molecule has 4 heterocycles. The van der Waals surface area contributed by atoms with Crippen LogP contribution >= 0.6 is 0 Å². The van der Waals surface area contributed by atoms with Gasteiger partial charge in [-0.25, -0.2) is 0 Å². The number of ether oxygens (including phenoxy) is 3. The van der Waals surface area contributed by atoms with Gasteiger partial charge in [0.25, 0.3) is 0 Å². The number of rotatable bonds is 7. The Morgan fingerprint density at radius 3 is 2.73 bits per heavy atom. The van der Waals surface area contributed by atoms with Crippen molar-refractivity contribution < 1.29 is 28.6 Å². The van der Waals surface area contributed by atoms with E-state index in [-0.39, 0.29) is 29.9 Å². The van der Waals surface area contributed by atoms with Gasteiger partial charge < -0.3 is 29.7 Å². The Morgan fingerprint density at radius 1 is 1.14 bits per heavy atom. The third-order valence-corrected chi connectivity index (χ3v) is 8.64. The lowest BCUT2D eigenvalue weighted by Gasteiger charge is -2.34. The van der Waals surface area contributed by atoms with Gasteiger partial charge in [0.1, 0.15) is 17.4 Å². The van der Waals surface area contributed by atoms with Gasteiger partial charge in [0, 0.05) is 30.9 Å². The molecule has 2 N–H and O–H groups in total. The summed E-state index contributed by atoms with van der Waals surface area (Å²) >= 11 is 0. The summed E-state index contributed by atoms with van der Waals surface area (Å²) in [4.78, 5) is 43.1. The average molecular weight is 510 g/mol. The van der Waals surface area contributed by atoms with Gasteiger partial charge in [-0.1, -0.05) is 37.5 Å². The summed E-state index contributed by atoms with van der Waals surface area (Å²) in [6.07, 6.45) is 10.1. The van der Waals surface area contributed by atoms with Crippen molar-refractivity contribution in [3.8, 4) is 5.75 Å². The zero-order valence-corrected chi connectivity index (χ0v) is 21.2. The minimum atomic E-state index is -1.16. The molecule has 198 valence electrons. The van der Waals surface area contributed by atoms with Crippen molar-refractivity contribution in [2.24, 2.45) is 11.8 Å². The molecule has 1 saturated carbocycles. The first kappa shape index (κ1) is 24.4. The first-order valence-corrected chi connectivity index (χ1v) is 13.5. The van der Waals surface area contributed by atoms with Crippen molar-refractivity contribution in [1.82, 2.24) is 10.2 Å². The van der Waals surface area contributed by atoms with Crippen molar-refractivity contribution in [1.29, 1.82) is 0 Å². The topological polar surface area (TPSA) is 106 Å². The number of methoxy groups -OCH3 is 1.